The van der Waals surface area contributed by atoms with Crippen molar-refractivity contribution >= 4 is 5.95 Å². The van der Waals surface area contributed by atoms with Crippen molar-refractivity contribution in [1.29, 1.82) is 0 Å². The number of aromatic amines is 1. The molecule has 0 radical (unpaired) electrons. The van der Waals surface area contributed by atoms with Gasteiger partial charge in [-0.3, -0.25) is 0 Å². The first-order valence-corrected chi connectivity index (χ1v) is 8.91. The Labute approximate surface area is 144 Å². The van der Waals surface area contributed by atoms with Crippen LogP contribution in [-0.4, -0.2) is 23.1 Å². The molecule has 1 aromatic heterocycles. The lowest BCUT2D eigenvalue weighted by molar-refractivity contribution is -0.657. The highest BCUT2D eigenvalue weighted by atomic mass is 15.3. The lowest BCUT2D eigenvalue weighted by Gasteiger charge is -2.26. The standard InChI is InChI=1S/C18H30N6/c1-4-18(19,5-2)11-6-12-20-15-7-9-16(10-8-15)22-23-17-21-13-14-24(17)3/h7-9,13-14,16,20H,4-6,10-12,19H2,1-3H3/p+1. The fourth-order valence-electron chi connectivity index (χ4n) is 2.73. The molecule has 0 spiro atoms. The molecule has 2 rings (SSSR count). The van der Waals surface area contributed by atoms with Gasteiger partial charge in [-0.25, -0.2) is 9.55 Å². The van der Waals surface area contributed by atoms with Crippen molar-refractivity contribution < 1.29 is 4.57 Å². The second kappa shape index (κ2) is 8.78. The Morgan fingerprint density at radius 1 is 1.42 bits per heavy atom. The topological polar surface area (TPSA) is 82.4 Å². The van der Waals surface area contributed by atoms with Gasteiger partial charge in [-0.1, -0.05) is 26.0 Å². The van der Waals surface area contributed by atoms with E-state index in [1.54, 1.807) is 0 Å². The largest absolute Gasteiger partial charge is 0.418 e. The first-order valence-electron chi connectivity index (χ1n) is 8.91. The number of imidazole rings is 1. The van der Waals surface area contributed by atoms with Crippen LogP contribution in [0.5, 0.6) is 0 Å². The molecule has 0 saturated heterocycles. The molecule has 0 amide bonds. The Morgan fingerprint density at radius 3 is 2.79 bits per heavy atom. The smallest absolute Gasteiger partial charge is 0.385 e. The minimum Gasteiger partial charge on any atom is -0.385 e. The molecule has 1 unspecified atom stereocenters. The number of aryl methyl sites for hydroxylation is 1. The van der Waals surface area contributed by atoms with E-state index in [4.69, 9.17) is 5.73 Å². The van der Waals surface area contributed by atoms with Gasteiger partial charge in [0, 0.05) is 22.9 Å². The Morgan fingerprint density at radius 2 is 2.21 bits per heavy atom. The van der Waals surface area contributed by atoms with Crippen molar-refractivity contribution in [2.24, 2.45) is 23.0 Å². The Bertz CT molecular complexity index is 594. The summed E-state index contributed by atoms with van der Waals surface area (Å²) in [6, 6.07) is 0.107. The molecule has 0 aromatic carbocycles. The van der Waals surface area contributed by atoms with Gasteiger partial charge in [0.05, 0.1) is 19.4 Å². The fraction of sp³-hybridized carbons (Fsp3) is 0.611. The number of nitrogens with two attached hydrogens (primary N) is 1. The molecule has 0 fully saturated rings. The van der Waals surface area contributed by atoms with Crippen LogP contribution in [-0.2, 0) is 7.05 Å². The van der Waals surface area contributed by atoms with Crippen molar-refractivity contribution in [1.82, 2.24) is 10.3 Å². The van der Waals surface area contributed by atoms with Crippen molar-refractivity contribution in [3.8, 4) is 0 Å². The maximum atomic E-state index is 6.33. The summed E-state index contributed by atoms with van der Waals surface area (Å²) in [4.78, 5) is 3.05. The van der Waals surface area contributed by atoms with Gasteiger partial charge in [0.1, 0.15) is 6.04 Å². The Hall–Kier alpha value is -1.95. The molecule has 0 aliphatic heterocycles. The number of nitrogens with one attached hydrogen (secondary N) is 2. The Balaban J connectivity index is 1.71. The zero-order chi connectivity index (χ0) is 17.4. The van der Waals surface area contributed by atoms with E-state index in [1.165, 1.54) is 5.70 Å². The lowest BCUT2D eigenvalue weighted by Crippen LogP contribution is -2.38. The zero-order valence-corrected chi connectivity index (χ0v) is 15.1. The number of hydrogen-bond donors (Lipinski definition) is 3. The molecule has 0 saturated carbocycles. The lowest BCUT2D eigenvalue weighted by atomic mass is 9.89. The fourth-order valence-corrected chi connectivity index (χ4v) is 2.73. The van der Waals surface area contributed by atoms with Gasteiger partial charge in [-0.15, -0.1) is 5.11 Å². The molecule has 4 N–H and O–H groups in total. The van der Waals surface area contributed by atoms with Crippen molar-refractivity contribution in [3.05, 3.63) is 36.3 Å². The average molecular weight is 331 g/mol. The van der Waals surface area contributed by atoms with Crippen LogP contribution >= 0.6 is 0 Å². The minimum atomic E-state index is -0.00208. The van der Waals surface area contributed by atoms with Crippen LogP contribution in [0.3, 0.4) is 0 Å². The van der Waals surface area contributed by atoms with E-state index in [0.717, 1.165) is 44.6 Å². The molecule has 1 atom stereocenters. The van der Waals surface area contributed by atoms with Crippen molar-refractivity contribution in [3.63, 3.8) is 0 Å². The first kappa shape index (κ1) is 18.4. The van der Waals surface area contributed by atoms with Crippen LogP contribution in [0.25, 0.3) is 0 Å². The van der Waals surface area contributed by atoms with Gasteiger partial charge in [0.2, 0.25) is 0 Å². The van der Waals surface area contributed by atoms with Crippen molar-refractivity contribution in [2.75, 3.05) is 6.54 Å². The second-order valence-corrected chi connectivity index (χ2v) is 6.53. The summed E-state index contributed by atoms with van der Waals surface area (Å²) < 4.78 is 1.91. The van der Waals surface area contributed by atoms with Gasteiger partial charge in [0.15, 0.2) is 0 Å². The maximum absolute atomic E-state index is 6.33. The summed E-state index contributed by atoms with van der Waals surface area (Å²) >= 11 is 0. The van der Waals surface area contributed by atoms with E-state index in [9.17, 15) is 0 Å². The third-order valence-corrected chi connectivity index (χ3v) is 4.81. The number of H-pyrrole nitrogens is 1. The third kappa shape index (κ3) is 5.30. The summed E-state index contributed by atoms with van der Waals surface area (Å²) in [5.74, 6) is 0.758. The van der Waals surface area contributed by atoms with Crippen LogP contribution in [0.1, 0.15) is 46.0 Å². The summed E-state index contributed by atoms with van der Waals surface area (Å²) in [6.07, 6.45) is 15.3. The summed E-state index contributed by atoms with van der Waals surface area (Å²) in [6.45, 7) is 5.30. The van der Waals surface area contributed by atoms with Crippen molar-refractivity contribution in [2.45, 2.75) is 57.5 Å². The number of rotatable bonds is 9. The number of allylic oxidation sites excluding steroid dienone is 1. The van der Waals surface area contributed by atoms with Gasteiger partial charge in [-0.05, 0) is 38.2 Å². The molecule has 1 heterocycles. The number of hydrogen-bond acceptors (Lipinski definition) is 4. The van der Waals surface area contributed by atoms with Crippen LogP contribution in [0.15, 0.2) is 46.5 Å². The number of azo groups is 1. The zero-order valence-electron chi connectivity index (χ0n) is 15.1. The van der Waals surface area contributed by atoms with E-state index in [2.05, 4.69) is 52.6 Å². The summed E-state index contributed by atoms with van der Waals surface area (Å²) in [5.41, 5.74) is 7.50. The monoisotopic (exact) mass is 331 g/mol. The highest BCUT2D eigenvalue weighted by Gasteiger charge is 2.19. The Kier molecular flexibility index (Phi) is 6.73. The van der Waals surface area contributed by atoms with E-state index in [-0.39, 0.29) is 11.6 Å². The maximum Gasteiger partial charge on any atom is 0.418 e. The van der Waals surface area contributed by atoms with Gasteiger partial charge < -0.3 is 11.1 Å². The number of aromatic nitrogens is 2. The predicted molar refractivity (Wildman–Crippen MR) is 96.8 cm³/mol. The quantitative estimate of drug-likeness (QED) is 0.369. The molecule has 24 heavy (non-hydrogen) atoms. The third-order valence-electron chi connectivity index (χ3n) is 4.81. The SMILES string of the molecule is CCC(N)(CC)CCCNC1=CCC(N=Nc2[nH]cc[n+]2C)C=C1. The summed E-state index contributed by atoms with van der Waals surface area (Å²) in [5, 5.41) is 12.1. The summed E-state index contributed by atoms with van der Waals surface area (Å²) in [7, 11) is 1.94. The normalized spacial score (nSPS) is 18.2. The minimum absolute atomic E-state index is 0.00208. The van der Waals surface area contributed by atoms with Crippen LogP contribution in [0.2, 0.25) is 0 Å². The molecular weight excluding hydrogens is 300 g/mol. The molecule has 1 aromatic rings. The van der Waals surface area contributed by atoms with E-state index >= 15 is 0 Å². The van der Waals surface area contributed by atoms with Crippen LogP contribution in [0, 0.1) is 0 Å². The second-order valence-electron chi connectivity index (χ2n) is 6.53. The molecule has 6 nitrogen and oxygen atoms in total. The molecular formula is C18H31N6+. The van der Waals surface area contributed by atoms with Gasteiger partial charge in [0.25, 0.3) is 0 Å². The van der Waals surface area contributed by atoms with E-state index in [1.807, 2.05) is 24.0 Å². The van der Waals surface area contributed by atoms with Crippen LogP contribution < -0.4 is 15.6 Å². The molecule has 132 valence electrons. The first-order chi connectivity index (χ1) is 11.6. The highest BCUT2D eigenvalue weighted by molar-refractivity contribution is 5.23. The van der Waals surface area contributed by atoms with E-state index in [0.29, 0.717) is 0 Å². The number of nitrogens with zero attached hydrogens (tertiary/aromatic N) is 3. The van der Waals surface area contributed by atoms with Crippen LogP contribution in [0.4, 0.5) is 5.95 Å². The van der Waals surface area contributed by atoms with Gasteiger partial charge in [-0.2, -0.15) is 0 Å². The molecule has 0 bridgehead atoms. The molecule has 6 heteroatoms. The predicted octanol–water partition coefficient (Wildman–Crippen LogP) is 3.02. The molecule has 1 aliphatic carbocycles. The molecule has 1 aliphatic rings. The highest BCUT2D eigenvalue weighted by Crippen LogP contribution is 2.18. The van der Waals surface area contributed by atoms with E-state index < -0.39 is 0 Å². The van der Waals surface area contributed by atoms with Gasteiger partial charge >= 0.3 is 5.95 Å². The average Bonchev–Trinajstić information content (AvgIpc) is 3.02.